The maximum Gasteiger partial charge on any atom is 0.211 e. The number of fused-ring (bicyclic) bond motifs is 6. The van der Waals surface area contributed by atoms with Crippen LogP contribution in [0.2, 0.25) is 0 Å². The zero-order valence-corrected chi connectivity index (χ0v) is 26.7. The van der Waals surface area contributed by atoms with Gasteiger partial charge in [-0.15, -0.1) is 0 Å². The Balaban J connectivity index is 1.24. The molecule has 0 radical (unpaired) electrons. The van der Waals surface area contributed by atoms with Crippen molar-refractivity contribution in [3.8, 4) is 45.8 Å². The first-order valence-electron chi connectivity index (χ1n) is 16.3. The van der Waals surface area contributed by atoms with Crippen LogP contribution in [0.15, 0.2) is 152 Å². The van der Waals surface area contributed by atoms with Crippen molar-refractivity contribution in [2.75, 3.05) is 0 Å². The van der Waals surface area contributed by atoms with Gasteiger partial charge in [-0.1, -0.05) is 91.0 Å². The Labute approximate surface area is 288 Å². The van der Waals surface area contributed by atoms with Crippen molar-refractivity contribution in [3.05, 3.63) is 174 Å². The van der Waals surface area contributed by atoms with Gasteiger partial charge in [0.25, 0.3) is 0 Å². The van der Waals surface area contributed by atoms with Gasteiger partial charge in [-0.3, -0.25) is 0 Å². The van der Waals surface area contributed by atoms with Crippen LogP contribution in [0.25, 0.3) is 82.1 Å². The van der Waals surface area contributed by atoms with Crippen LogP contribution < -0.4 is 0 Å². The molecule has 0 fully saturated rings. The normalized spacial score (nSPS) is 11.1. The first kappa shape index (κ1) is 28.8. The van der Waals surface area contributed by atoms with Crippen LogP contribution in [0.1, 0.15) is 11.1 Å². The fourth-order valence-electron chi connectivity index (χ4n) is 7.43. The second kappa shape index (κ2) is 11.4. The maximum absolute atomic E-state index is 9.97. The summed E-state index contributed by atoms with van der Waals surface area (Å²) in [6, 6.07) is 55.5. The first-order chi connectivity index (χ1) is 24.7. The average Bonchev–Trinajstić information content (AvgIpc) is 3.70. The molecule has 0 aliphatic carbocycles. The molecule has 9 aromatic rings. The van der Waals surface area contributed by atoms with E-state index in [1.165, 1.54) is 0 Å². The Kier molecular flexibility index (Phi) is 6.56. The Morgan fingerprint density at radius 1 is 0.480 bits per heavy atom. The molecule has 0 spiro atoms. The molecule has 50 heavy (non-hydrogen) atoms. The summed E-state index contributed by atoms with van der Waals surface area (Å²) in [5, 5.41) is 23.9. The molecule has 2 heterocycles. The molecule has 0 N–H and O–H groups in total. The summed E-state index contributed by atoms with van der Waals surface area (Å²) >= 11 is 0. The zero-order valence-electron chi connectivity index (χ0n) is 26.7. The number of hydrogen-bond donors (Lipinski definition) is 0. The van der Waals surface area contributed by atoms with Gasteiger partial charge in [0.05, 0.1) is 57.6 Å². The van der Waals surface area contributed by atoms with Gasteiger partial charge in [0.15, 0.2) is 0 Å². The highest BCUT2D eigenvalue weighted by atomic mass is 15.0. The molecule has 230 valence electrons. The number of nitriles is 2. The minimum absolute atomic E-state index is 0.579. The van der Waals surface area contributed by atoms with Crippen molar-refractivity contribution in [2.24, 2.45) is 0 Å². The first-order valence-corrected chi connectivity index (χ1v) is 16.3. The van der Waals surface area contributed by atoms with Crippen LogP contribution in [0, 0.1) is 29.2 Å². The Morgan fingerprint density at radius 2 is 1.10 bits per heavy atom. The Bertz CT molecular complexity index is 2960. The van der Waals surface area contributed by atoms with Gasteiger partial charge < -0.3 is 9.13 Å². The summed E-state index contributed by atoms with van der Waals surface area (Å²) in [5.74, 6) is 0. The fraction of sp³-hybridized carbons (Fsp3) is 0. The van der Waals surface area contributed by atoms with E-state index < -0.39 is 0 Å². The number of benzene rings is 7. The molecule has 9 rings (SSSR count). The summed E-state index contributed by atoms with van der Waals surface area (Å²) in [5.41, 5.74) is 11.7. The lowest BCUT2D eigenvalue weighted by Crippen LogP contribution is -1.98. The number of nitrogens with zero attached hydrogens (tertiary/aromatic N) is 5. The van der Waals surface area contributed by atoms with Crippen LogP contribution >= 0.6 is 0 Å². The van der Waals surface area contributed by atoms with Crippen molar-refractivity contribution in [2.45, 2.75) is 0 Å². The molecule has 0 bridgehead atoms. The molecular formula is C45H25N5. The Morgan fingerprint density at radius 3 is 1.86 bits per heavy atom. The van der Waals surface area contributed by atoms with Gasteiger partial charge in [-0.2, -0.15) is 10.5 Å². The average molecular weight is 636 g/mol. The third kappa shape index (κ3) is 4.31. The molecule has 5 nitrogen and oxygen atoms in total. The van der Waals surface area contributed by atoms with Gasteiger partial charge in [0.2, 0.25) is 5.69 Å². The summed E-state index contributed by atoms with van der Waals surface area (Å²) < 4.78 is 4.44. The van der Waals surface area contributed by atoms with Crippen molar-refractivity contribution in [1.29, 1.82) is 10.5 Å². The van der Waals surface area contributed by atoms with E-state index in [1.807, 2.05) is 84.9 Å². The third-order valence-electron chi connectivity index (χ3n) is 9.62. The third-order valence-corrected chi connectivity index (χ3v) is 9.62. The van der Waals surface area contributed by atoms with Crippen LogP contribution in [0.5, 0.6) is 0 Å². The van der Waals surface area contributed by atoms with E-state index in [-0.39, 0.29) is 0 Å². The summed E-state index contributed by atoms with van der Waals surface area (Å²) in [7, 11) is 0. The zero-order chi connectivity index (χ0) is 33.8. The van der Waals surface area contributed by atoms with Crippen LogP contribution in [0.4, 0.5) is 5.69 Å². The minimum atomic E-state index is 0.579. The summed E-state index contributed by atoms with van der Waals surface area (Å²) in [6.45, 7) is 7.90. The highest BCUT2D eigenvalue weighted by Gasteiger charge is 2.19. The molecule has 0 atom stereocenters. The van der Waals surface area contributed by atoms with Crippen molar-refractivity contribution in [3.63, 3.8) is 0 Å². The lowest BCUT2D eigenvalue weighted by atomic mass is 9.92. The smallest absolute Gasteiger partial charge is 0.211 e. The van der Waals surface area contributed by atoms with E-state index in [0.717, 1.165) is 77.2 Å². The topological polar surface area (TPSA) is 61.8 Å². The van der Waals surface area contributed by atoms with E-state index in [2.05, 4.69) is 92.8 Å². The SMILES string of the molecule is [C-]#[N+]c1cccc2c3ccccc3n(-c3ccc(-c4cc(C#N)ccc4-c4ccccc4-n4c5ccccc5c5cc(C#N)ccc54)cc3)c12. The Hall–Kier alpha value is -7.39. The van der Waals surface area contributed by atoms with Gasteiger partial charge in [-0.05, 0) is 82.7 Å². The molecule has 0 amide bonds. The fourth-order valence-corrected chi connectivity index (χ4v) is 7.43. The van der Waals surface area contributed by atoms with Crippen molar-refractivity contribution in [1.82, 2.24) is 9.13 Å². The number of rotatable bonds is 4. The number of hydrogen-bond acceptors (Lipinski definition) is 2. The summed E-state index contributed by atoms with van der Waals surface area (Å²) in [6.07, 6.45) is 0. The molecule has 0 aliphatic rings. The largest absolute Gasteiger partial charge is 0.319 e. The standard InChI is InChI=1S/C45H25N5/c1-48-40-13-8-12-37-35-10-3-5-14-41(35)49(45(37)40)32-21-19-31(20-22-32)38-25-29(27-46)17-23-33(38)34-9-2-6-15-42(34)50-43-16-7-4-11-36(43)39-26-30(28-47)18-24-44(39)50/h2-26H. The van der Waals surface area contributed by atoms with E-state index in [4.69, 9.17) is 6.57 Å². The number of aromatic nitrogens is 2. The highest BCUT2D eigenvalue weighted by Crippen LogP contribution is 2.41. The van der Waals surface area contributed by atoms with Gasteiger partial charge in [0.1, 0.15) is 0 Å². The molecule has 7 aromatic carbocycles. The molecule has 0 aliphatic heterocycles. The van der Waals surface area contributed by atoms with Gasteiger partial charge >= 0.3 is 0 Å². The van der Waals surface area contributed by atoms with E-state index in [0.29, 0.717) is 16.8 Å². The molecule has 0 unspecified atom stereocenters. The molecule has 5 heteroatoms. The van der Waals surface area contributed by atoms with Gasteiger partial charge in [-0.25, -0.2) is 4.85 Å². The lowest BCUT2D eigenvalue weighted by molar-refractivity contribution is 1.18. The summed E-state index contributed by atoms with van der Waals surface area (Å²) in [4.78, 5) is 3.87. The van der Waals surface area contributed by atoms with Crippen LogP contribution in [-0.4, -0.2) is 9.13 Å². The number of para-hydroxylation sites is 4. The van der Waals surface area contributed by atoms with Crippen LogP contribution in [-0.2, 0) is 0 Å². The van der Waals surface area contributed by atoms with E-state index in [1.54, 1.807) is 0 Å². The second-order valence-electron chi connectivity index (χ2n) is 12.3. The van der Waals surface area contributed by atoms with Crippen LogP contribution in [0.3, 0.4) is 0 Å². The highest BCUT2D eigenvalue weighted by molar-refractivity contribution is 6.13. The van der Waals surface area contributed by atoms with Crippen molar-refractivity contribution >= 4 is 49.3 Å². The van der Waals surface area contributed by atoms with Gasteiger partial charge in [0, 0.05) is 27.4 Å². The predicted octanol–water partition coefficient (Wildman–Crippen LogP) is 11.5. The monoisotopic (exact) mass is 635 g/mol. The molecular weight excluding hydrogens is 611 g/mol. The van der Waals surface area contributed by atoms with E-state index in [9.17, 15) is 10.5 Å². The minimum Gasteiger partial charge on any atom is -0.319 e. The quantitative estimate of drug-likeness (QED) is 0.181. The molecule has 0 saturated carbocycles. The second-order valence-corrected chi connectivity index (χ2v) is 12.3. The maximum atomic E-state index is 9.97. The molecule has 0 saturated heterocycles. The lowest BCUT2D eigenvalue weighted by Gasteiger charge is -2.18. The predicted molar refractivity (Wildman–Crippen MR) is 202 cm³/mol. The van der Waals surface area contributed by atoms with E-state index >= 15 is 0 Å². The molecule has 2 aromatic heterocycles. The van der Waals surface area contributed by atoms with Crippen molar-refractivity contribution < 1.29 is 0 Å².